The van der Waals surface area contributed by atoms with Crippen LogP contribution in [0.3, 0.4) is 0 Å². The van der Waals surface area contributed by atoms with Crippen LogP contribution >= 0.6 is 11.3 Å². The van der Waals surface area contributed by atoms with Crippen LogP contribution in [0.1, 0.15) is 51.8 Å². The summed E-state index contributed by atoms with van der Waals surface area (Å²) in [6.45, 7) is 11.1. The number of hydrogen-bond acceptors (Lipinski definition) is 4. The highest BCUT2D eigenvalue weighted by atomic mass is 32.1. The molecule has 0 amide bonds. The Morgan fingerprint density at radius 1 is 1.47 bits per heavy atom. The van der Waals surface area contributed by atoms with E-state index in [1.165, 1.54) is 29.3 Å². The normalized spacial score (nSPS) is 23.5. The largest absolute Gasteiger partial charge is 0.342 e. The summed E-state index contributed by atoms with van der Waals surface area (Å²) in [6.07, 6.45) is 5.90. The molecule has 2 atom stereocenters. The fourth-order valence-corrected chi connectivity index (χ4v) is 3.85. The van der Waals surface area contributed by atoms with Gasteiger partial charge in [0, 0.05) is 29.7 Å². The van der Waals surface area contributed by atoms with Gasteiger partial charge in [-0.25, -0.2) is 4.98 Å². The molecule has 2 unspecified atom stereocenters. The van der Waals surface area contributed by atoms with Crippen molar-refractivity contribution in [3.63, 3.8) is 0 Å². The molecule has 0 radical (unpaired) electrons. The van der Waals surface area contributed by atoms with Crippen LogP contribution in [0.15, 0.2) is 6.20 Å². The van der Waals surface area contributed by atoms with Gasteiger partial charge in [-0.15, -0.1) is 11.3 Å². The van der Waals surface area contributed by atoms with Crippen LogP contribution in [-0.2, 0) is 6.54 Å². The number of rotatable bonds is 6. The third kappa shape index (κ3) is 3.69. The van der Waals surface area contributed by atoms with E-state index in [0.29, 0.717) is 18.0 Å². The molecule has 0 spiro atoms. The molecular weight excluding hydrogens is 254 g/mol. The molecule has 3 nitrogen and oxygen atoms in total. The molecule has 0 aliphatic carbocycles. The van der Waals surface area contributed by atoms with E-state index in [0.717, 1.165) is 13.1 Å². The molecule has 1 saturated heterocycles. The zero-order valence-corrected chi connectivity index (χ0v) is 13.5. The van der Waals surface area contributed by atoms with E-state index >= 15 is 0 Å². The highest BCUT2D eigenvalue weighted by Crippen LogP contribution is 2.34. The average Bonchev–Trinajstić information content (AvgIpc) is 2.95. The maximum absolute atomic E-state index is 4.65. The topological polar surface area (TPSA) is 28.2 Å². The fraction of sp³-hybridized carbons (Fsp3) is 0.800. The summed E-state index contributed by atoms with van der Waals surface area (Å²) in [7, 11) is 0. The van der Waals surface area contributed by atoms with Crippen LogP contribution in [0.4, 0.5) is 5.13 Å². The first-order chi connectivity index (χ1) is 9.11. The summed E-state index contributed by atoms with van der Waals surface area (Å²) < 4.78 is 0. The average molecular weight is 281 g/mol. The van der Waals surface area contributed by atoms with Gasteiger partial charge in [-0.2, -0.15) is 0 Å². The lowest BCUT2D eigenvalue weighted by Gasteiger charge is -2.27. The first kappa shape index (κ1) is 14.8. The Morgan fingerprint density at radius 3 is 2.95 bits per heavy atom. The number of aromatic nitrogens is 1. The molecule has 2 heterocycles. The molecule has 1 aliphatic rings. The van der Waals surface area contributed by atoms with Crippen LogP contribution < -0.4 is 10.2 Å². The van der Waals surface area contributed by atoms with Crippen molar-refractivity contribution in [2.75, 3.05) is 11.4 Å². The Morgan fingerprint density at radius 2 is 2.26 bits per heavy atom. The number of nitrogens with zero attached hydrogens (tertiary/aromatic N) is 2. The summed E-state index contributed by atoms with van der Waals surface area (Å²) in [4.78, 5) is 8.54. The van der Waals surface area contributed by atoms with Crippen molar-refractivity contribution in [1.82, 2.24) is 10.3 Å². The molecule has 0 aromatic carbocycles. The van der Waals surface area contributed by atoms with E-state index in [2.05, 4.69) is 42.9 Å². The van der Waals surface area contributed by atoms with Gasteiger partial charge < -0.3 is 10.2 Å². The SMILES string of the molecule is CCC1CCC(C)N1c1ncc(CNCC(C)C)s1. The summed E-state index contributed by atoms with van der Waals surface area (Å²) >= 11 is 1.86. The summed E-state index contributed by atoms with van der Waals surface area (Å²) in [5.74, 6) is 0.704. The zero-order chi connectivity index (χ0) is 13.8. The fourth-order valence-electron chi connectivity index (χ4n) is 2.80. The number of nitrogens with one attached hydrogen (secondary N) is 1. The molecule has 1 aliphatic heterocycles. The first-order valence-corrected chi connectivity index (χ1v) is 8.37. The molecule has 4 heteroatoms. The van der Waals surface area contributed by atoms with E-state index in [4.69, 9.17) is 0 Å². The van der Waals surface area contributed by atoms with Gasteiger partial charge in [0.15, 0.2) is 5.13 Å². The molecule has 108 valence electrons. The van der Waals surface area contributed by atoms with Gasteiger partial charge in [0.05, 0.1) is 0 Å². The molecule has 0 bridgehead atoms. The Kier molecular flexibility index (Phi) is 5.22. The summed E-state index contributed by atoms with van der Waals surface area (Å²) in [5.41, 5.74) is 0. The predicted molar refractivity (Wildman–Crippen MR) is 83.9 cm³/mol. The van der Waals surface area contributed by atoms with Crippen molar-refractivity contribution in [3.05, 3.63) is 11.1 Å². The molecule has 19 heavy (non-hydrogen) atoms. The van der Waals surface area contributed by atoms with Gasteiger partial charge in [0.2, 0.25) is 0 Å². The molecule has 1 N–H and O–H groups in total. The van der Waals surface area contributed by atoms with Gasteiger partial charge in [0.25, 0.3) is 0 Å². The van der Waals surface area contributed by atoms with Gasteiger partial charge in [-0.3, -0.25) is 0 Å². The highest BCUT2D eigenvalue weighted by molar-refractivity contribution is 7.15. The minimum atomic E-state index is 0.646. The minimum absolute atomic E-state index is 0.646. The highest BCUT2D eigenvalue weighted by Gasteiger charge is 2.31. The molecule has 1 aromatic heterocycles. The van der Waals surface area contributed by atoms with Crippen molar-refractivity contribution in [1.29, 1.82) is 0 Å². The summed E-state index contributed by atoms with van der Waals surface area (Å²) in [6, 6.07) is 1.34. The standard InChI is InChI=1S/C15H27N3S/c1-5-13-7-6-12(4)18(13)15-17-10-14(19-15)9-16-8-11(2)3/h10-13,16H,5-9H2,1-4H3. The van der Waals surface area contributed by atoms with Crippen LogP contribution in [0, 0.1) is 5.92 Å². The van der Waals surface area contributed by atoms with E-state index in [-0.39, 0.29) is 0 Å². The number of anilines is 1. The lowest BCUT2D eigenvalue weighted by Crippen LogP contribution is -2.33. The summed E-state index contributed by atoms with van der Waals surface area (Å²) in [5, 5.41) is 4.71. The Labute approximate surface area is 121 Å². The molecule has 2 rings (SSSR count). The lowest BCUT2D eigenvalue weighted by atomic mass is 10.2. The van der Waals surface area contributed by atoms with Crippen molar-refractivity contribution in [3.8, 4) is 0 Å². The van der Waals surface area contributed by atoms with E-state index in [9.17, 15) is 0 Å². The second-order valence-electron chi connectivity index (χ2n) is 6.03. The van der Waals surface area contributed by atoms with E-state index in [1.807, 2.05) is 17.5 Å². The van der Waals surface area contributed by atoms with Gasteiger partial charge in [-0.1, -0.05) is 20.8 Å². The van der Waals surface area contributed by atoms with E-state index < -0.39 is 0 Å². The Bertz CT molecular complexity index is 388. The molecule has 0 saturated carbocycles. The Hall–Kier alpha value is -0.610. The van der Waals surface area contributed by atoms with Crippen molar-refractivity contribution < 1.29 is 0 Å². The minimum Gasteiger partial charge on any atom is -0.342 e. The molecule has 1 aromatic rings. The van der Waals surface area contributed by atoms with Crippen molar-refractivity contribution in [2.24, 2.45) is 5.92 Å². The van der Waals surface area contributed by atoms with Crippen LogP contribution in [0.25, 0.3) is 0 Å². The van der Waals surface area contributed by atoms with Gasteiger partial charge in [-0.05, 0) is 38.6 Å². The lowest BCUT2D eigenvalue weighted by molar-refractivity contribution is 0.554. The molecular formula is C15H27N3S. The third-order valence-corrected chi connectivity index (χ3v) is 4.88. The zero-order valence-electron chi connectivity index (χ0n) is 12.6. The quantitative estimate of drug-likeness (QED) is 0.862. The first-order valence-electron chi connectivity index (χ1n) is 7.55. The maximum atomic E-state index is 4.65. The van der Waals surface area contributed by atoms with Crippen LogP contribution in [-0.4, -0.2) is 23.6 Å². The second kappa shape index (κ2) is 6.71. The smallest absolute Gasteiger partial charge is 0.186 e. The van der Waals surface area contributed by atoms with Crippen LogP contribution in [0.2, 0.25) is 0 Å². The van der Waals surface area contributed by atoms with Crippen molar-refractivity contribution >= 4 is 16.5 Å². The third-order valence-electron chi connectivity index (χ3n) is 3.87. The monoisotopic (exact) mass is 281 g/mol. The van der Waals surface area contributed by atoms with Crippen LogP contribution in [0.5, 0.6) is 0 Å². The van der Waals surface area contributed by atoms with Gasteiger partial charge >= 0.3 is 0 Å². The second-order valence-corrected chi connectivity index (χ2v) is 7.12. The number of hydrogen-bond donors (Lipinski definition) is 1. The van der Waals surface area contributed by atoms with E-state index in [1.54, 1.807) is 0 Å². The predicted octanol–water partition coefficient (Wildman–Crippen LogP) is 3.66. The Balaban J connectivity index is 1.96. The number of thiazole rings is 1. The van der Waals surface area contributed by atoms with Gasteiger partial charge in [0.1, 0.15) is 0 Å². The maximum Gasteiger partial charge on any atom is 0.186 e. The molecule has 1 fully saturated rings. The van der Waals surface area contributed by atoms with Crippen molar-refractivity contribution in [2.45, 2.75) is 65.6 Å².